The number of phenolic OH excluding ortho intramolecular Hbond substituents is 1. The normalized spacial score (nSPS) is 10.6. The van der Waals surface area contributed by atoms with Gasteiger partial charge in [-0.15, -0.1) is 0 Å². The van der Waals surface area contributed by atoms with Crippen LogP contribution in [0.1, 0.15) is 11.1 Å². The van der Waals surface area contributed by atoms with Crippen molar-refractivity contribution in [2.24, 2.45) is 0 Å². The van der Waals surface area contributed by atoms with E-state index in [9.17, 15) is 5.11 Å². The van der Waals surface area contributed by atoms with Crippen molar-refractivity contribution >= 4 is 31.9 Å². The maximum atomic E-state index is 9.76. The fraction of sp³-hybridized carbons (Fsp3) is 0.200. The highest BCUT2D eigenvalue weighted by Crippen LogP contribution is 2.35. The summed E-state index contributed by atoms with van der Waals surface area (Å²) < 4.78 is 6.86. The van der Waals surface area contributed by atoms with Crippen molar-refractivity contribution in [3.05, 3.63) is 56.5 Å². The molecule has 0 aliphatic rings. The molecule has 0 aliphatic carbocycles. The van der Waals surface area contributed by atoms with Crippen molar-refractivity contribution in [1.82, 2.24) is 5.32 Å². The first-order valence-corrected chi connectivity index (χ1v) is 7.70. The molecule has 2 aromatic carbocycles. The van der Waals surface area contributed by atoms with Gasteiger partial charge < -0.3 is 15.2 Å². The largest absolute Gasteiger partial charge is 0.503 e. The van der Waals surface area contributed by atoms with Crippen LogP contribution in [0.25, 0.3) is 0 Å². The quantitative estimate of drug-likeness (QED) is 0.789. The van der Waals surface area contributed by atoms with E-state index in [1.807, 2.05) is 30.3 Å². The smallest absolute Gasteiger partial charge is 0.172 e. The van der Waals surface area contributed by atoms with Crippen LogP contribution in [0, 0.1) is 0 Å². The number of methoxy groups -OCH3 is 1. The zero-order valence-electron chi connectivity index (χ0n) is 11.0. The highest BCUT2D eigenvalue weighted by molar-refractivity contribution is 9.10. The van der Waals surface area contributed by atoms with Crippen LogP contribution >= 0.6 is 31.9 Å². The number of rotatable bonds is 5. The van der Waals surface area contributed by atoms with E-state index in [4.69, 9.17) is 4.74 Å². The lowest BCUT2D eigenvalue weighted by atomic mass is 10.2. The summed E-state index contributed by atoms with van der Waals surface area (Å²) in [5, 5.41) is 13.1. The van der Waals surface area contributed by atoms with Crippen molar-refractivity contribution in [1.29, 1.82) is 0 Å². The summed E-state index contributed by atoms with van der Waals surface area (Å²) in [5.41, 5.74) is 2.25. The van der Waals surface area contributed by atoms with E-state index in [2.05, 4.69) is 43.2 Å². The van der Waals surface area contributed by atoms with E-state index < -0.39 is 0 Å². The summed E-state index contributed by atoms with van der Waals surface area (Å²) in [6.45, 7) is 1.46. The third kappa shape index (κ3) is 3.75. The van der Waals surface area contributed by atoms with Gasteiger partial charge in [-0.05, 0) is 45.3 Å². The Morgan fingerprint density at radius 3 is 2.55 bits per heavy atom. The van der Waals surface area contributed by atoms with Gasteiger partial charge in [0.15, 0.2) is 11.5 Å². The molecule has 20 heavy (non-hydrogen) atoms. The average Bonchev–Trinajstić information content (AvgIpc) is 2.44. The van der Waals surface area contributed by atoms with E-state index in [1.165, 1.54) is 5.56 Å². The molecule has 0 atom stereocenters. The molecule has 0 aliphatic heterocycles. The molecule has 2 aromatic rings. The monoisotopic (exact) mass is 399 g/mol. The lowest BCUT2D eigenvalue weighted by molar-refractivity contribution is 0.371. The second-order valence-electron chi connectivity index (χ2n) is 4.32. The van der Waals surface area contributed by atoms with E-state index in [-0.39, 0.29) is 5.75 Å². The maximum Gasteiger partial charge on any atom is 0.172 e. The number of phenols is 1. The number of nitrogens with one attached hydrogen (secondary N) is 1. The first kappa shape index (κ1) is 15.4. The lowest BCUT2D eigenvalue weighted by Gasteiger charge is -2.10. The summed E-state index contributed by atoms with van der Waals surface area (Å²) in [7, 11) is 1.54. The van der Waals surface area contributed by atoms with E-state index >= 15 is 0 Å². The van der Waals surface area contributed by atoms with Crippen LogP contribution in [0.5, 0.6) is 11.5 Å². The van der Waals surface area contributed by atoms with Crippen molar-refractivity contribution < 1.29 is 9.84 Å². The molecule has 3 nitrogen and oxygen atoms in total. The van der Waals surface area contributed by atoms with Gasteiger partial charge in [0.2, 0.25) is 0 Å². The molecule has 0 heterocycles. The minimum atomic E-state index is 0.127. The molecule has 5 heteroatoms. The molecule has 2 rings (SSSR count). The lowest BCUT2D eigenvalue weighted by Crippen LogP contribution is -2.13. The van der Waals surface area contributed by atoms with Crippen LogP contribution in [0.15, 0.2) is 45.3 Å². The Bertz CT molecular complexity index is 602. The van der Waals surface area contributed by atoms with E-state index in [1.54, 1.807) is 7.11 Å². The molecule has 106 valence electrons. The molecule has 0 aromatic heterocycles. The van der Waals surface area contributed by atoms with Gasteiger partial charge in [-0.1, -0.05) is 34.1 Å². The number of hydrogen-bond acceptors (Lipinski definition) is 3. The van der Waals surface area contributed by atoms with Gasteiger partial charge in [-0.2, -0.15) is 0 Å². The summed E-state index contributed by atoms with van der Waals surface area (Å²) in [4.78, 5) is 0. The Labute approximate surface area is 135 Å². The maximum absolute atomic E-state index is 9.76. The molecular weight excluding hydrogens is 386 g/mol. The van der Waals surface area contributed by atoms with Crippen LogP contribution in [-0.2, 0) is 13.1 Å². The second kappa shape index (κ2) is 7.11. The first-order chi connectivity index (χ1) is 9.61. The Morgan fingerprint density at radius 1 is 1.10 bits per heavy atom. The van der Waals surface area contributed by atoms with Gasteiger partial charge in [0.1, 0.15) is 0 Å². The zero-order valence-corrected chi connectivity index (χ0v) is 14.2. The summed E-state index contributed by atoms with van der Waals surface area (Å²) in [5.74, 6) is 0.596. The molecule has 0 fully saturated rings. The molecular formula is C15H15Br2NO2. The van der Waals surface area contributed by atoms with Crippen molar-refractivity contribution in [3.63, 3.8) is 0 Å². The third-order valence-electron chi connectivity index (χ3n) is 2.91. The minimum Gasteiger partial charge on any atom is -0.503 e. The Morgan fingerprint density at radius 2 is 1.85 bits per heavy atom. The molecule has 0 amide bonds. The fourth-order valence-electron chi connectivity index (χ4n) is 1.87. The molecule has 0 spiro atoms. The highest BCUT2D eigenvalue weighted by atomic mass is 79.9. The molecule has 0 unspecified atom stereocenters. The predicted molar refractivity (Wildman–Crippen MR) is 87.0 cm³/mol. The SMILES string of the molecule is COc1cc(CNCc2ccccc2Br)cc(Br)c1O. The minimum absolute atomic E-state index is 0.127. The van der Waals surface area contributed by atoms with Crippen LogP contribution in [0.4, 0.5) is 0 Å². The molecule has 0 saturated carbocycles. The van der Waals surface area contributed by atoms with Gasteiger partial charge in [0.25, 0.3) is 0 Å². The summed E-state index contributed by atoms with van der Waals surface area (Å²) in [6, 6.07) is 11.8. The van der Waals surface area contributed by atoms with Crippen molar-refractivity contribution in [2.75, 3.05) is 7.11 Å². The van der Waals surface area contributed by atoms with E-state index in [0.717, 1.165) is 16.6 Å². The Balaban J connectivity index is 2.01. The molecule has 0 bridgehead atoms. The average molecular weight is 401 g/mol. The standard InChI is InChI=1S/C15H15Br2NO2/c1-20-14-7-10(6-13(17)15(14)19)8-18-9-11-4-2-3-5-12(11)16/h2-7,18-19H,8-9H2,1H3. The highest BCUT2D eigenvalue weighted by Gasteiger charge is 2.08. The summed E-state index contributed by atoms with van der Waals surface area (Å²) in [6.07, 6.45) is 0. The number of halogens is 2. The number of aromatic hydroxyl groups is 1. The summed E-state index contributed by atoms with van der Waals surface area (Å²) >= 11 is 6.85. The first-order valence-electron chi connectivity index (χ1n) is 6.11. The second-order valence-corrected chi connectivity index (χ2v) is 6.03. The van der Waals surface area contributed by atoms with Gasteiger partial charge in [0, 0.05) is 17.6 Å². The van der Waals surface area contributed by atoms with Crippen LogP contribution in [0.3, 0.4) is 0 Å². The molecule has 0 saturated heterocycles. The number of ether oxygens (including phenoxy) is 1. The number of hydrogen-bond donors (Lipinski definition) is 2. The predicted octanol–water partition coefficient (Wildman–Crippen LogP) is 4.22. The number of benzene rings is 2. The van der Waals surface area contributed by atoms with Gasteiger partial charge in [0.05, 0.1) is 11.6 Å². The van der Waals surface area contributed by atoms with Crippen LogP contribution in [0.2, 0.25) is 0 Å². The topological polar surface area (TPSA) is 41.5 Å². The van der Waals surface area contributed by atoms with Crippen molar-refractivity contribution in [3.8, 4) is 11.5 Å². The van der Waals surface area contributed by atoms with Crippen LogP contribution in [-0.4, -0.2) is 12.2 Å². The fourth-order valence-corrected chi connectivity index (χ4v) is 2.78. The molecule has 0 radical (unpaired) electrons. The zero-order chi connectivity index (χ0) is 14.5. The Hall–Kier alpha value is -1.04. The third-order valence-corrected chi connectivity index (χ3v) is 4.29. The van der Waals surface area contributed by atoms with Gasteiger partial charge >= 0.3 is 0 Å². The van der Waals surface area contributed by atoms with Crippen LogP contribution < -0.4 is 10.1 Å². The Kier molecular flexibility index (Phi) is 5.46. The van der Waals surface area contributed by atoms with Gasteiger partial charge in [-0.25, -0.2) is 0 Å². The van der Waals surface area contributed by atoms with Crippen molar-refractivity contribution in [2.45, 2.75) is 13.1 Å². The van der Waals surface area contributed by atoms with Gasteiger partial charge in [-0.3, -0.25) is 0 Å². The van der Waals surface area contributed by atoms with E-state index in [0.29, 0.717) is 16.8 Å². The molecule has 2 N–H and O–H groups in total.